The van der Waals surface area contributed by atoms with Crippen LogP contribution in [0.1, 0.15) is 42.0 Å². The largest absolute Gasteiger partial charge is 0.394 e. The minimum Gasteiger partial charge on any atom is -0.394 e. The highest BCUT2D eigenvalue weighted by atomic mass is 19.1. The van der Waals surface area contributed by atoms with Crippen LogP contribution in [0.5, 0.6) is 0 Å². The van der Waals surface area contributed by atoms with E-state index in [4.69, 9.17) is 5.73 Å². The van der Waals surface area contributed by atoms with Gasteiger partial charge in [0.2, 0.25) is 0 Å². The molecule has 2 atom stereocenters. The number of nitrogens with one attached hydrogen (secondary N) is 1. The molecule has 1 fully saturated rings. The average Bonchev–Trinajstić information content (AvgIpc) is 3.33. The third-order valence-electron chi connectivity index (χ3n) is 7.13. The van der Waals surface area contributed by atoms with E-state index in [1.807, 2.05) is 38.1 Å². The molecule has 1 aliphatic rings. The Morgan fingerprint density at radius 2 is 1.58 bits per heavy atom. The Balaban J connectivity index is 1.64. The van der Waals surface area contributed by atoms with E-state index in [2.05, 4.69) is 25.7 Å². The SMILES string of the molecule is C=C(Nc1cc(C)c(C)c(-c2ccc(F)c(N)c2F)c1)C1C(c2ccc(F)c(C)c2)C1(C)C. The van der Waals surface area contributed by atoms with Crippen LogP contribution in [-0.4, -0.2) is 0 Å². The third kappa shape index (κ3) is 3.90. The fraction of sp³-hybridized carbons (Fsp3) is 0.286. The van der Waals surface area contributed by atoms with Crippen LogP contribution in [0, 0.1) is 49.6 Å². The first kappa shape index (κ1) is 23.0. The highest BCUT2D eigenvalue weighted by Crippen LogP contribution is 2.67. The summed E-state index contributed by atoms with van der Waals surface area (Å²) in [7, 11) is 0. The van der Waals surface area contributed by atoms with Gasteiger partial charge in [-0.3, -0.25) is 0 Å². The molecule has 3 aromatic carbocycles. The molecule has 0 amide bonds. The second-order valence-electron chi connectivity index (χ2n) is 9.72. The second-order valence-corrected chi connectivity index (χ2v) is 9.72. The van der Waals surface area contributed by atoms with E-state index >= 15 is 0 Å². The first-order valence-corrected chi connectivity index (χ1v) is 11.0. The predicted octanol–water partition coefficient (Wildman–Crippen LogP) is 7.64. The van der Waals surface area contributed by atoms with Crippen molar-refractivity contribution < 1.29 is 13.2 Å². The van der Waals surface area contributed by atoms with Crippen LogP contribution < -0.4 is 11.1 Å². The Morgan fingerprint density at radius 1 is 0.909 bits per heavy atom. The van der Waals surface area contributed by atoms with Crippen molar-refractivity contribution in [2.24, 2.45) is 11.3 Å². The molecule has 1 aliphatic carbocycles. The second kappa shape index (κ2) is 7.98. The lowest BCUT2D eigenvalue weighted by atomic mass is 9.95. The van der Waals surface area contributed by atoms with Crippen molar-refractivity contribution in [2.75, 3.05) is 11.1 Å². The van der Waals surface area contributed by atoms with E-state index in [0.717, 1.165) is 28.1 Å². The van der Waals surface area contributed by atoms with Gasteiger partial charge < -0.3 is 11.1 Å². The Labute approximate surface area is 193 Å². The number of halogens is 3. The molecule has 3 N–H and O–H groups in total. The Bertz CT molecular complexity index is 1280. The standard InChI is InChI=1S/C28H29F3N2/c1-14-12-19(13-21(16(14)3)20-8-10-23(30)27(32)26(20)31)33-17(4)24-25(28(24,5)6)18-7-9-22(29)15(2)11-18/h7-13,24-25,33H,4,32H2,1-3,5-6H3. The van der Waals surface area contributed by atoms with Crippen molar-refractivity contribution in [3.63, 3.8) is 0 Å². The van der Waals surface area contributed by atoms with Gasteiger partial charge in [-0.15, -0.1) is 0 Å². The van der Waals surface area contributed by atoms with Gasteiger partial charge in [0.1, 0.15) is 17.3 Å². The number of rotatable bonds is 5. The fourth-order valence-corrected chi connectivity index (χ4v) is 5.02. The molecule has 0 bridgehead atoms. The molecule has 0 spiro atoms. The topological polar surface area (TPSA) is 38.0 Å². The number of hydrogen-bond acceptors (Lipinski definition) is 2. The van der Waals surface area contributed by atoms with Gasteiger partial charge in [-0.05, 0) is 90.3 Å². The van der Waals surface area contributed by atoms with Crippen LogP contribution in [0.3, 0.4) is 0 Å². The summed E-state index contributed by atoms with van der Waals surface area (Å²) >= 11 is 0. The molecule has 33 heavy (non-hydrogen) atoms. The van der Waals surface area contributed by atoms with Crippen LogP contribution in [-0.2, 0) is 0 Å². The number of benzene rings is 3. The van der Waals surface area contributed by atoms with Crippen molar-refractivity contribution in [3.8, 4) is 11.1 Å². The van der Waals surface area contributed by atoms with E-state index in [1.54, 1.807) is 6.92 Å². The molecule has 0 heterocycles. The number of nitrogen functional groups attached to an aromatic ring is 1. The van der Waals surface area contributed by atoms with Gasteiger partial charge in [0.05, 0.1) is 0 Å². The molecular formula is C28H29F3N2. The van der Waals surface area contributed by atoms with Crippen molar-refractivity contribution in [3.05, 3.63) is 94.4 Å². The van der Waals surface area contributed by atoms with E-state index in [-0.39, 0.29) is 28.6 Å². The zero-order chi connectivity index (χ0) is 24.2. The first-order chi connectivity index (χ1) is 15.4. The molecule has 2 unspecified atom stereocenters. The zero-order valence-corrected chi connectivity index (χ0v) is 19.6. The quantitative estimate of drug-likeness (QED) is 0.392. The maximum absolute atomic E-state index is 14.8. The van der Waals surface area contributed by atoms with Crippen molar-refractivity contribution in [1.82, 2.24) is 0 Å². The minimum absolute atomic E-state index is 0.0333. The van der Waals surface area contributed by atoms with Gasteiger partial charge >= 0.3 is 0 Å². The smallest absolute Gasteiger partial charge is 0.156 e. The van der Waals surface area contributed by atoms with Gasteiger partial charge in [-0.25, -0.2) is 13.2 Å². The molecule has 2 nitrogen and oxygen atoms in total. The molecule has 4 rings (SSSR count). The molecule has 0 radical (unpaired) electrons. The van der Waals surface area contributed by atoms with Gasteiger partial charge in [0, 0.05) is 22.9 Å². The number of hydrogen-bond donors (Lipinski definition) is 2. The molecule has 5 heteroatoms. The molecule has 1 saturated carbocycles. The Morgan fingerprint density at radius 3 is 2.24 bits per heavy atom. The monoisotopic (exact) mass is 450 g/mol. The van der Waals surface area contributed by atoms with Crippen LogP contribution in [0.15, 0.2) is 54.7 Å². The molecule has 0 aromatic heterocycles. The van der Waals surface area contributed by atoms with Crippen LogP contribution in [0.4, 0.5) is 24.5 Å². The summed E-state index contributed by atoms with van der Waals surface area (Å²) in [5.74, 6) is -1.36. The molecule has 172 valence electrons. The van der Waals surface area contributed by atoms with Gasteiger partial charge in [0.15, 0.2) is 5.82 Å². The minimum atomic E-state index is -0.772. The maximum Gasteiger partial charge on any atom is 0.156 e. The molecule has 0 saturated heterocycles. The summed E-state index contributed by atoms with van der Waals surface area (Å²) in [6.45, 7) is 14.3. The summed E-state index contributed by atoms with van der Waals surface area (Å²) in [4.78, 5) is 0. The fourth-order valence-electron chi connectivity index (χ4n) is 5.02. The molecule has 0 aliphatic heterocycles. The van der Waals surface area contributed by atoms with Gasteiger partial charge in [0.25, 0.3) is 0 Å². The molecular weight excluding hydrogens is 421 g/mol. The summed E-state index contributed by atoms with van der Waals surface area (Å²) in [6, 6.07) is 11.7. The zero-order valence-electron chi connectivity index (χ0n) is 19.6. The lowest BCUT2D eigenvalue weighted by Gasteiger charge is -2.17. The number of allylic oxidation sites excluding steroid dienone is 1. The summed E-state index contributed by atoms with van der Waals surface area (Å²) < 4.78 is 42.2. The van der Waals surface area contributed by atoms with E-state index < -0.39 is 17.3 Å². The normalized spacial score (nSPS) is 18.8. The highest BCUT2D eigenvalue weighted by Gasteiger charge is 2.59. The average molecular weight is 451 g/mol. The van der Waals surface area contributed by atoms with Crippen molar-refractivity contribution in [2.45, 2.75) is 40.5 Å². The highest BCUT2D eigenvalue weighted by molar-refractivity contribution is 5.76. The summed E-state index contributed by atoms with van der Waals surface area (Å²) in [6.07, 6.45) is 0. The lowest BCUT2D eigenvalue weighted by molar-refractivity contribution is 0.584. The van der Waals surface area contributed by atoms with Gasteiger partial charge in [-0.2, -0.15) is 0 Å². The Kier molecular flexibility index (Phi) is 5.55. The summed E-state index contributed by atoms with van der Waals surface area (Å²) in [5, 5.41) is 3.41. The number of anilines is 2. The number of nitrogens with two attached hydrogens (primary N) is 1. The van der Waals surface area contributed by atoms with Crippen LogP contribution >= 0.6 is 0 Å². The number of aryl methyl sites for hydroxylation is 2. The van der Waals surface area contributed by atoms with Crippen molar-refractivity contribution in [1.29, 1.82) is 0 Å². The third-order valence-corrected chi connectivity index (χ3v) is 7.13. The van der Waals surface area contributed by atoms with E-state index in [0.29, 0.717) is 11.1 Å². The van der Waals surface area contributed by atoms with Gasteiger partial charge in [-0.1, -0.05) is 32.6 Å². The first-order valence-electron chi connectivity index (χ1n) is 11.0. The van der Waals surface area contributed by atoms with Crippen LogP contribution in [0.2, 0.25) is 0 Å². The van der Waals surface area contributed by atoms with E-state index in [9.17, 15) is 13.2 Å². The summed E-state index contributed by atoms with van der Waals surface area (Å²) in [5.41, 5.74) is 11.2. The van der Waals surface area contributed by atoms with Crippen LogP contribution in [0.25, 0.3) is 11.1 Å². The van der Waals surface area contributed by atoms with Crippen molar-refractivity contribution >= 4 is 11.4 Å². The van der Waals surface area contributed by atoms with E-state index in [1.165, 1.54) is 18.2 Å². The predicted molar refractivity (Wildman–Crippen MR) is 130 cm³/mol. The molecule has 3 aromatic rings. The lowest BCUT2D eigenvalue weighted by Crippen LogP contribution is -2.05. The Hall–Kier alpha value is -3.21. The maximum atomic E-state index is 14.8.